The normalized spacial score (nSPS) is 15.9. The van der Waals surface area contributed by atoms with Gasteiger partial charge in [0.25, 0.3) is 0 Å². The minimum absolute atomic E-state index is 0.00395. The van der Waals surface area contributed by atoms with Crippen molar-refractivity contribution in [1.82, 2.24) is 4.31 Å². The van der Waals surface area contributed by atoms with Crippen molar-refractivity contribution in [1.29, 1.82) is 0 Å². The van der Waals surface area contributed by atoms with Crippen LogP contribution in [-0.4, -0.2) is 31.7 Å². The second kappa shape index (κ2) is 8.55. The van der Waals surface area contributed by atoms with E-state index < -0.39 is 10.0 Å². The van der Waals surface area contributed by atoms with Gasteiger partial charge in [-0.1, -0.05) is 53.5 Å². The summed E-state index contributed by atoms with van der Waals surface area (Å²) < 4.78 is 27.2. The van der Waals surface area contributed by atoms with Crippen molar-refractivity contribution in [2.24, 2.45) is 5.92 Å². The van der Waals surface area contributed by atoms with Crippen LogP contribution in [0.25, 0.3) is 10.8 Å². The SMILES string of the molecule is O=C(Nc1ccc2ccccc2c1)C1CCN(S(=O)(=O)c2cc(Cl)ccc2Cl)CC1. The molecule has 0 aromatic heterocycles. The number of anilines is 1. The maximum atomic E-state index is 12.9. The quantitative estimate of drug-likeness (QED) is 0.580. The third kappa shape index (κ3) is 4.32. The van der Waals surface area contributed by atoms with Gasteiger partial charge in [0.05, 0.1) is 5.02 Å². The summed E-state index contributed by atoms with van der Waals surface area (Å²) in [5, 5.41) is 5.56. The first-order valence-electron chi connectivity index (χ1n) is 9.59. The Labute approximate surface area is 185 Å². The van der Waals surface area contributed by atoms with Crippen molar-refractivity contribution in [2.45, 2.75) is 17.7 Å². The standard InChI is InChI=1S/C22H20Cl2N2O3S/c23-18-6-8-20(24)21(14-18)30(28,29)26-11-9-16(10-12-26)22(27)25-19-7-5-15-3-1-2-4-17(15)13-19/h1-8,13-14,16H,9-12H2,(H,25,27). The molecular formula is C22H20Cl2N2O3S. The van der Waals surface area contributed by atoms with Crippen LogP contribution in [0.3, 0.4) is 0 Å². The molecule has 0 bridgehead atoms. The highest BCUT2D eigenvalue weighted by Crippen LogP contribution is 2.31. The molecule has 4 rings (SSSR count). The molecule has 1 N–H and O–H groups in total. The molecule has 0 spiro atoms. The van der Waals surface area contributed by atoms with E-state index in [1.165, 1.54) is 16.4 Å². The van der Waals surface area contributed by atoms with Crippen LogP contribution in [0.4, 0.5) is 5.69 Å². The van der Waals surface area contributed by atoms with E-state index in [-0.39, 0.29) is 34.8 Å². The molecule has 1 aliphatic heterocycles. The van der Waals surface area contributed by atoms with Crippen molar-refractivity contribution in [2.75, 3.05) is 18.4 Å². The van der Waals surface area contributed by atoms with Gasteiger partial charge in [0, 0.05) is 29.7 Å². The number of fused-ring (bicyclic) bond motifs is 1. The van der Waals surface area contributed by atoms with Gasteiger partial charge >= 0.3 is 0 Å². The number of hydrogen-bond acceptors (Lipinski definition) is 3. The second-order valence-corrected chi connectivity index (χ2v) is 10.1. The van der Waals surface area contributed by atoms with E-state index in [9.17, 15) is 13.2 Å². The number of carbonyl (C=O) groups excluding carboxylic acids is 1. The second-order valence-electron chi connectivity index (χ2n) is 7.30. The zero-order valence-electron chi connectivity index (χ0n) is 16.0. The van der Waals surface area contributed by atoms with E-state index in [2.05, 4.69) is 5.32 Å². The lowest BCUT2D eigenvalue weighted by atomic mass is 9.97. The molecule has 1 heterocycles. The predicted molar refractivity (Wildman–Crippen MR) is 121 cm³/mol. The van der Waals surface area contributed by atoms with Crippen molar-refractivity contribution < 1.29 is 13.2 Å². The Balaban J connectivity index is 1.42. The molecule has 0 atom stereocenters. The first kappa shape index (κ1) is 21.1. The average molecular weight is 463 g/mol. The van der Waals surface area contributed by atoms with Crippen LogP contribution in [0.2, 0.25) is 10.0 Å². The number of rotatable bonds is 4. The van der Waals surface area contributed by atoms with Crippen molar-refractivity contribution in [3.05, 3.63) is 70.7 Å². The predicted octanol–water partition coefficient (Wildman–Crippen LogP) is 5.19. The van der Waals surface area contributed by atoms with Gasteiger partial charge in [-0.15, -0.1) is 0 Å². The van der Waals surface area contributed by atoms with Crippen molar-refractivity contribution in [3.63, 3.8) is 0 Å². The Morgan fingerprint density at radius 2 is 1.63 bits per heavy atom. The largest absolute Gasteiger partial charge is 0.326 e. The molecule has 8 heteroatoms. The molecule has 0 saturated carbocycles. The summed E-state index contributed by atoms with van der Waals surface area (Å²) in [6, 6.07) is 18.1. The van der Waals surface area contributed by atoms with Crippen LogP contribution in [0, 0.1) is 5.92 Å². The topological polar surface area (TPSA) is 66.5 Å². The van der Waals surface area contributed by atoms with Gasteiger partial charge in [0.1, 0.15) is 4.90 Å². The maximum Gasteiger partial charge on any atom is 0.244 e. The summed E-state index contributed by atoms with van der Waals surface area (Å²) in [7, 11) is -3.76. The van der Waals surface area contributed by atoms with Crippen LogP contribution in [-0.2, 0) is 14.8 Å². The Bertz CT molecular complexity index is 1210. The molecule has 1 saturated heterocycles. The number of nitrogens with one attached hydrogen (secondary N) is 1. The maximum absolute atomic E-state index is 12.9. The number of benzene rings is 3. The molecule has 0 aliphatic carbocycles. The number of halogens is 2. The van der Waals surface area contributed by atoms with Gasteiger partial charge in [-0.05, 0) is 53.9 Å². The van der Waals surface area contributed by atoms with E-state index in [1.54, 1.807) is 6.07 Å². The van der Waals surface area contributed by atoms with E-state index in [4.69, 9.17) is 23.2 Å². The summed E-state index contributed by atoms with van der Waals surface area (Å²) in [5.41, 5.74) is 0.736. The third-order valence-corrected chi connectivity index (χ3v) is 7.97. The third-order valence-electron chi connectivity index (χ3n) is 5.35. The van der Waals surface area contributed by atoms with E-state index >= 15 is 0 Å². The lowest BCUT2D eigenvalue weighted by Crippen LogP contribution is -2.41. The highest BCUT2D eigenvalue weighted by molar-refractivity contribution is 7.89. The molecule has 156 valence electrons. The minimum Gasteiger partial charge on any atom is -0.326 e. The number of nitrogens with zero attached hydrogens (tertiary/aromatic N) is 1. The van der Waals surface area contributed by atoms with Gasteiger partial charge < -0.3 is 5.32 Å². The van der Waals surface area contributed by atoms with E-state index in [0.717, 1.165) is 16.5 Å². The van der Waals surface area contributed by atoms with Gasteiger partial charge in [-0.25, -0.2) is 8.42 Å². The fourth-order valence-corrected chi connectivity index (χ4v) is 5.89. The lowest BCUT2D eigenvalue weighted by molar-refractivity contribution is -0.120. The first-order chi connectivity index (χ1) is 14.3. The Morgan fingerprint density at radius 1 is 0.933 bits per heavy atom. The molecular weight excluding hydrogens is 443 g/mol. The summed E-state index contributed by atoms with van der Waals surface area (Å²) in [6.07, 6.45) is 0.883. The summed E-state index contributed by atoms with van der Waals surface area (Å²) >= 11 is 12.0. The van der Waals surface area contributed by atoms with Gasteiger partial charge in [-0.2, -0.15) is 4.31 Å². The molecule has 1 amide bonds. The first-order valence-corrected chi connectivity index (χ1v) is 11.8. The van der Waals surface area contributed by atoms with Gasteiger partial charge in [0.2, 0.25) is 15.9 Å². The Hall–Kier alpha value is -2.12. The molecule has 0 radical (unpaired) electrons. The molecule has 1 fully saturated rings. The monoisotopic (exact) mass is 462 g/mol. The van der Waals surface area contributed by atoms with Gasteiger partial charge in [-0.3, -0.25) is 4.79 Å². The highest BCUT2D eigenvalue weighted by Gasteiger charge is 2.33. The highest BCUT2D eigenvalue weighted by atomic mass is 35.5. The number of sulfonamides is 1. The molecule has 30 heavy (non-hydrogen) atoms. The van der Waals surface area contributed by atoms with Crippen LogP contribution < -0.4 is 5.32 Å². The fourth-order valence-electron chi connectivity index (χ4n) is 3.68. The van der Waals surface area contributed by atoms with Gasteiger partial charge in [0.15, 0.2) is 0 Å². The zero-order chi connectivity index (χ0) is 21.3. The molecule has 5 nitrogen and oxygen atoms in total. The number of carbonyl (C=O) groups is 1. The smallest absolute Gasteiger partial charge is 0.244 e. The summed E-state index contributed by atoms with van der Waals surface area (Å²) in [6.45, 7) is 0.502. The number of amides is 1. The van der Waals surface area contributed by atoms with Crippen molar-refractivity contribution in [3.8, 4) is 0 Å². The average Bonchev–Trinajstić information content (AvgIpc) is 2.75. The summed E-state index contributed by atoms with van der Waals surface area (Å²) in [4.78, 5) is 12.7. The van der Waals surface area contributed by atoms with Crippen LogP contribution in [0.1, 0.15) is 12.8 Å². The molecule has 1 aliphatic rings. The van der Waals surface area contributed by atoms with Crippen LogP contribution >= 0.6 is 23.2 Å². The molecule has 3 aromatic rings. The van der Waals surface area contributed by atoms with E-state index in [1.807, 2.05) is 42.5 Å². The van der Waals surface area contributed by atoms with Crippen LogP contribution in [0.15, 0.2) is 65.6 Å². The lowest BCUT2D eigenvalue weighted by Gasteiger charge is -2.30. The number of hydrogen-bond donors (Lipinski definition) is 1. The van der Waals surface area contributed by atoms with Crippen molar-refractivity contribution >= 4 is 55.6 Å². The van der Waals surface area contributed by atoms with Crippen LogP contribution in [0.5, 0.6) is 0 Å². The molecule has 0 unspecified atom stereocenters. The zero-order valence-corrected chi connectivity index (χ0v) is 18.3. The minimum atomic E-state index is -3.76. The Kier molecular flexibility index (Phi) is 6.02. The Morgan fingerprint density at radius 3 is 2.37 bits per heavy atom. The number of piperidine rings is 1. The molecule has 3 aromatic carbocycles. The fraction of sp³-hybridized carbons (Fsp3) is 0.227. The summed E-state index contributed by atoms with van der Waals surface area (Å²) in [5.74, 6) is -0.346. The van der Waals surface area contributed by atoms with E-state index in [0.29, 0.717) is 17.9 Å².